The normalized spacial score (nSPS) is 13.1. The number of hydrogen-bond donors (Lipinski definition) is 1. The summed E-state index contributed by atoms with van der Waals surface area (Å²) >= 11 is 0. The predicted molar refractivity (Wildman–Crippen MR) is 77.9 cm³/mol. The highest BCUT2D eigenvalue weighted by Gasteiger charge is 2.30. The van der Waals surface area contributed by atoms with Crippen LogP contribution in [0.1, 0.15) is 29.7 Å². The zero-order valence-corrected chi connectivity index (χ0v) is 13.5. The van der Waals surface area contributed by atoms with Crippen molar-refractivity contribution in [3.63, 3.8) is 0 Å². The molecule has 22 heavy (non-hydrogen) atoms. The third-order valence-electron chi connectivity index (χ3n) is 3.31. The van der Waals surface area contributed by atoms with E-state index < -0.39 is 21.0 Å². The lowest BCUT2D eigenvalue weighted by atomic mass is 10.2. The summed E-state index contributed by atoms with van der Waals surface area (Å²) in [5.74, 6) is 0.157. The molecule has 0 fully saturated rings. The van der Waals surface area contributed by atoms with Crippen molar-refractivity contribution in [2.45, 2.75) is 38.7 Å². The SMILES string of the molecule is Cc1cc(NC(=O)[C@H](C)S(=O)(=O)Cc2c(C)noc2C)no1. The summed E-state index contributed by atoms with van der Waals surface area (Å²) in [6, 6.07) is 1.51. The average Bonchev–Trinajstić information content (AvgIpc) is 2.98. The second-order valence-corrected chi connectivity index (χ2v) is 7.39. The molecule has 0 radical (unpaired) electrons. The molecule has 0 unspecified atom stereocenters. The summed E-state index contributed by atoms with van der Waals surface area (Å²) < 4.78 is 34.5. The molecule has 0 aliphatic carbocycles. The number of nitrogens with zero attached hydrogens (tertiary/aromatic N) is 2. The minimum Gasteiger partial charge on any atom is -0.361 e. The van der Waals surface area contributed by atoms with Gasteiger partial charge in [-0.05, 0) is 27.7 Å². The number of hydrogen-bond acceptors (Lipinski definition) is 7. The zero-order valence-electron chi connectivity index (χ0n) is 12.7. The molecule has 9 heteroatoms. The van der Waals surface area contributed by atoms with Crippen LogP contribution in [0, 0.1) is 20.8 Å². The van der Waals surface area contributed by atoms with Gasteiger partial charge in [-0.2, -0.15) is 0 Å². The Bertz CT molecular complexity index is 771. The molecule has 2 rings (SSSR count). The van der Waals surface area contributed by atoms with Crippen LogP contribution in [-0.2, 0) is 20.4 Å². The number of sulfone groups is 1. The quantitative estimate of drug-likeness (QED) is 0.885. The van der Waals surface area contributed by atoms with Gasteiger partial charge in [0.05, 0.1) is 11.4 Å². The lowest BCUT2D eigenvalue weighted by Gasteiger charge is -2.11. The maximum absolute atomic E-state index is 12.4. The van der Waals surface area contributed by atoms with Gasteiger partial charge in [0.25, 0.3) is 0 Å². The van der Waals surface area contributed by atoms with Crippen LogP contribution in [0.15, 0.2) is 15.1 Å². The predicted octanol–water partition coefficient (Wildman–Crippen LogP) is 1.53. The van der Waals surface area contributed by atoms with Gasteiger partial charge in [-0.25, -0.2) is 8.42 Å². The Hall–Kier alpha value is -2.16. The van der Waals surface area contributed by atoms with Crippen LogP contribution >= 0.6 is 0 Å². The van der Waals surface area contributed by atoms with Crippen LogP contribution in [0.4, 0.5) is 5.82 Å². The number of amides is 1. The summed E-state index contributed by atoms with van der Waals surface area (Å²) in [7, 11) is -3.71. The molecule has 2 aromatic heterocycles. The van der Waals surface area contributed by atoms with E-state index in [4.69, 9.17) is 9.05 Å². The van der Waals surface area contributed by atoms with E-state index in [-0.39, 0.29) is 11.6 Å². The number of aromatic nitrogens is 2. The van der Waals surface area contributed by atoms with Gasteiger partial charge in [-0.1, -0.05) is 10.3 Å². The third kappa shape index (κ3) is 3.35. The molecule has 8 nitrogen and oxygen atoms in total. The first-order chi connectivity index (χ1) is 10.2. The second kappa shape index (κ2) is 5.91. The van der Waals surface area contributed by atoms with E-state index in [1.807, 2.05) is 0 Å². The average molecular weight is 327 g/mol. The Morgan fingerprint density at radius 2 is 1.95 bits per heavy atom. The van der Waals surface area contributed by atoms with Crippen LogP contribution in [0.25, 0.3) is 0 Å². The van der Waals surface area contributed by atoms with E-state index in [9.17, 15) is 13.2 Å². The zero-order chi connectivity index (χ0) is 16.5. The minimum absolute atomic E-state index is 0.182. The monoisotopic (exact) mass is 327 g/mol. The molecule has 0 aliphatic rings. The topological polar surface area (TPSA) is 115 Å². The van der Waals surface area contributed by atoms with Crippen molar-refractivity contribution in [2.24, 2.45) is 0 Å². The highest BCUT2D eigenvalue weighted by molar-refractivity contribution is 7.92. The maximum Gasteiger partial charge on any atom is 0.243 e. The highest BCUT2D eigenvalue weighted by Crippen LogP contribution is 2.19. The molecule has 1 amide bonds. The summed E-state index contributed by atoms with van der Waals surface area (Å²) in [5.41, 5.74) is 0.984. The Morgan fingerprint density at radius 1 is 1.27 bits per heavy atom. The van der Waals surface area contributed by atoms with E-state index in [0.717, 1.165) is 0 Å². The van der Waals surface area contributed by atoms with Gasteiger partial charge >= 0.3 is 0 Å². The summed E-state index contributed by atoms with van der Waals surface area (Å²) in [4.78, 5) is 12.1. The molecular weight excluding hydrogens is 310 g/mol. The van der Waals surface area contributed by atoms with Crippen LogP contribution in [0.3, 0.4) is 0 Å². The molecular formula is C13H17N3O5S. The number of nitrogens with one attached hydrogen (secondary N) is 1. The Labute approximate surface area is 127 Å². The fraction of sp³-hybridized carbons (Fsp3) is 0.462. The molecule has 0 bridgehead atoms. The minimum atomic E-state index is -3.71. The molecule has 120 valence electrons. The number of aryl methyl sites for hydroxylation is 3. The Morgan fingerprint density at radius 3 is 2.45 bits per heavy atom. The van der Waals surface area contributed by atoms with Gasteiger partial charge in [-0.15, -0.1) is 0 Å². The summed E-state index contributed by atoms with van der Waals surface area (Å²) in [6.45, 7) is 6.29. The second-order valence-electron chi connectivity index (χ2n) is 5.06. The van der Waals surface area contributed by atoms with E-state index in [1.165, 1.54) is 13.0 Å². The molecule has 0 spiro atoms. The number of carbonyl (C=O) groups is 1. The van der Waals surface area contributed by atoms with Crippen LogP contribution < -0.4 is 5.32 Å². The fourth-order valence-electron chi connectivity index (χ4n) is 1.85. The van der Waals surface area contributed by atoms with Gasteiger partial charge in [0, 0.05) is 11.6 Å². The van der Waals surface area contributed by atoms with Crippen molar-refractivity contribution in [1.29, 1.82) is 0 Å². The van der Waals surface area contributed by atoms with Gasteiger partial charge < -0.3 is 14.4 Å². The molecule has 0 aromatic carbocycles. The lowest BCUT2D eigenvalue weighted by Crippen LogP contribution is -2.33. The molecule has 0 saturated carbocycles. The van der Waals surface area contributed by atoms with Crippen molar-refractivity contribution in [1.82, 2.24) is 10.3 Å². The third-order valence-corrected chi connectivity index (χ3v) is 5.30. The molecule has 0 aliphatic heterocycles. The molecule has 2 aromatic rings. The first-order valence-corrected chi connectivity index (χ1v) is 8.29. The molecule has 1 atom stereocenters. The summed E-state index contributed by atoms with van der Waals surface area (Å²) in [5, 5.41) is 8.49. The van der Waals surface area contributed by atoms with Gasteiger partial charge in [0.15, 0.2) is 15.7 Å². The largest absolute Gasteiger partial charge is 0.361 e. The lowest BCUT2D eigenvalue weighted by molar-refractivity contribution is -0.115. The van der Waals surface area contributed by atoms with E-state index in [0.29, 0.717) is 22.8 Å². The molecule has 2 heterocycles. The molecule has 1 N–H and O–H groups in total. The van der Waals surface area contributed by atoms with Gasteiger partial charge in [-0.3, -0.25) is 4.79 Å². The smallest absolute Gasteiger partial charge is 0.243 e. The Kier molecular flexibility index (Phi) is 4.36. The number of anilines is 1. The van der Waals surface area contributed by atoms with E-state index in [1.54, 1.807) is 20.8 Å². The van der Waals surface area contributed by atoms with Crippen LogP contribution in [0.2, 0.25) is 0 Å². The first kappa shape index (κ1) is 16.2. The van der Waals surface area contributed by atoms with Crippen molar-refractivity contribution < 1.29 is 22.3 Å². The van der Waals surface area contributed by atoms with Gasteiger partial charge in [0.1, 0.15) is 16.8 Å². The Balaban J connectivity index is 2.13. The summed E-state index contributed by atoms with van der Waals surface area (Å²) in [6.07, 6.45) is 0. The van der Waals surface area contributed by atoms with Crippen molar-refractivity contribution >= 4 is 21.6 Å². The van der Waals surface area contributed by atoms with Crippen molar-refractivity contribution in [3.8, 4) is 0 Å². The van der Waals surface area contributed by atoms with Crippen LogP contribution in [0.5, 0.6) is 0 Å². The van der Waals surface area contributed by atoms with Gasteiger partial charge in [0.2, 0.25) is 5.91 Å². The van der Waals surface area contributed by atoms with Crippen molar-refractivity contribution in [2.75, 3.05) is 5.32 Å². The maximum atomic E-state index is 12.4. The fourth-order valence-corrected chi connectivity index (χ4v) is 3.30. The van der Waals surface area contributed by atoms with E-state index in [2.05, 4.69) is 15.6 Å². The van der Waals surface area contributed by atoms with E-state index >= 15 is 0 Å². The standard InChI is InChI=1S/C13H17N3O5S/c1-7-5-12(16-20-7)14-13(17)10(4)22(18,19)6-11-8(2)15-21-9(11)3/h5,10H,6H2,1-4H3,(H,14,16,17)/t10-/m0/s1. The number of rotatable bonds is 5. The van der Waals surface area contributed by atoms with Crippen LogP contribution in [-0.4, -0.2) is 29.9 Å². The first-order valence-electron chi connectivity index (χ1n) is 6.58. The number of carbonyl (C=O) groups excluding carboxylic acids is 1. The highest BCUT2D eigenvalue weighted by atomic mass is 32.2. The molecule has 0 saturated heterocycles. The van der Waals surface area contributed by atoms with Crippen molar-refractivity contribution in [3.05, 3.63) is 28.8 Å².